The number of aromatic nitrogens is 4. The van der Waals surface area contributed by atoms with Crippen LogP contribution in [0, 0.1) is 5.82 Å². The van der Waals surface area contributed by atoms with Gasteiger partial charge in [0.1, 0.15) is 5.82 Å². The van der Waals surface area contributed by atoms with E-state index in [-0.39, 0.29) is 35.1 Å². The Morgan fingerprint density at radius 2 is 1.86 bits per heavy atom. The van der Waals surface area contributed by atoms with E-state index in [1.165, 1.54) is 16.7 Å². The largest absolute Gasteiger partial charge is 0.352 e. The predicted octanol–water partition coefficient (Wildman–Crippen LogP) is 2.79. The van der Waals surface area contributed by atoms with Crippen molar-refractivity contribution in [1.82, 2.24) is 19.1 Å². The van der Waals surface area contributed by atoms with Crippen LogP contribution in [-0.4, -0.2) is 19.1 Å². The van der Waals surface area contributed by atoms with Crippen LogP contribution in [0.3, 0.4) is 0 Å². The highest BCUT2D eigenvalue weighted by Crippen LogP contribution is 2.22. The highest BCUT2D eigenvalue weighted by atomic mass is 35.5. The Morgan fingerprint density at radius 1 is 1.00 bits per heavy atom. The van der Waals surface area contributed by atoms with Crippen molar-refractivity contribution in [3.63, 3.8) is 0 Å². The fourth-order valence-corrected chi connectivity index (χ4v) is 3.21. The number of hydrogen-bond donors (Lipinski definition) is 0. The molecule has 0 saturated carbocycles. The standard InChI is InChI=1S/C20H14ClFN4O2/c21-16-7-3-8-17(22)15(16)12-25-10-4-6-14-18(25)24-20(28)26(19(14)27)11-13-5-1-2-9-23-13/h1-10H,11-12H2. The Bertz CT molecular complexity index is 1220. The molecule has 0 spiro atoms. The molecule has 1 aromatic carbocycles. The van der Waals surface area contributed by atoms with Crippen LogP contribution in [0.5, 0.6) is 0 Å². The van der Waals surface area contributed by atoms with Crippen molar-refractivity contribution in [1.29, 1.82) is 0 Å². The summed E-state index contributed by atoms with van der Waals surface area (Å²) >= 11 is 6.10. The van der Waals surface area contributed by atoms with Gasteiger partial charge in [0.05, 0.1) is 24.3 Å². The van der Waals surface area contributed by atoms with Gasteiger partial charge in [0.25, 0.3) is 5.56 Å². The molecule has 0 unspecified atom stereocenters. The Balaban J connectivity index is 1.81. The zero-order chi connectivity index (χ0) is 19.7. The van der Waals surface area contributed by atoms with Crippen LogP contribution in [0.15, 0.2) is 70.5 Å². The van der Waals surface area contributed by atoms with Crippen LogP contribution in [0.1, 0.15) is 11.3 Å². The summed E-state index contributed by atoms with van der Waals surface area (Å²) in [6, 6.07) is 12.9. The van der Waals surface area contributed by atoms with Gasteiger partial charge in [-0.05, 0) is 36.4 Å². The lowest BCUT2D eigenvalue weighted by Gasteiger charge is -2.16. The molecule has 6 nitrogen and oxygen atoms in total. The van der Waals surface area contributed by atoms with Gasteiger partial charge in [-0.2, -0.15) is 4.98 Å². The van der Waals surface area contributed by atoms with E-state index in [0.29, 0.717) is 5.69 Å². The van der Waals surface area contributed by atoms with Gasteiger partial charge in [-0.3, -0.25) is 14.3 Å². The molecular formula is C20H14ClFN4O2. The molecule has 0 amide bonds. The smallest absolute Gasteiger partial charge is 0.328 e. The van der Waals surface area contributed by atoms with Crippen LogP contribution in [-0.2, 0) is 13.1 Å². The van der Waals surface area contributed by atoms with E-state index >= 15 is 0 Å². The maximum atomic E-state index is 14.1. The summed E-state index contributed by atoms with van der Waals surface area (Å²) in [7, 11) is 0. The summed E-state index contributed by atoms with van der Waals surface area (Å²) in [4.78, 5) is 33.6. The molecule has 28 heavy (non-hydrogen) atoms. The first kappa shape index (κ1) is 18.1. The van der Waals surface area contributed by atoms with Crippen molar-refractivity contribution in [2.24, 2.45) is 0 Å². The van der Waals surface area contributed by atoms with Crippen molar-refractivity contribution in [3.8, 4) is 11.4 Å². The molecule has 0 saturated heterocycles. The minimum absolute atomic E-state index is 0.0233. The van der Waals surface area contributed by atoms with E-state index in [0.717, 1.165) is 4.57 Å². The van der Waals surface area contributed by atoms with Crippen molar-refractivity contribution < 1.29 is 4.39 Å². The van der Waals surface area contributed by atoms with Crippen molar-refractivity contribution >= 4 is 11.6 Å². The monoisotopic (exact) mass is 396 g/mol. The third-order valence-corrected chi connectivity index (χ3v) is 4.74. The quantitative estimate of drug-likeness (QED) is 0.532. The van der Waals surface area contributed by atoms with Gasteiger partial charge in [-0.25, -0.2) is 9.18 Å². The van der Waals surface area contributed by atoms with Crippen molar-refractivity contribution in [2.75, 3.05) is 0 Å². The number of hydrogen-bond acceptors (Lipinski definition) is 4. The maximum absolute atomic E-state index is 14.1. The van der Waals surface area contributed by atoms with Crippen LogP contribution in [0.4, 0.5) is 4.39 Å². The molecule has 0 fully saturated rings. The lowest BCUT2D eigenvalue weighted by molar-refractivity contribution is 0.596. The minimum Gasteiger partial charge on any atom is -0.328 e. The highest BCUT2D eigenvalue weighted by Gasteiger charge is 2.18. The molecule has 0 atom stereocenters. The van der Waals surface area contributed by atoms with Gasteiger partial charge in [0.2, 0.25) is 0 Å². The van der Waals surface area contributed by atoms with Gasteiger partial charge in [0, 0.05) is 23.0 Å². The molecule has 3 heterocycles. The molecule has 1 aromatic heterocycles. The van der Waals surface area contributed by atoms with Gasteiger partial charge < -0.3 is 4.57 Å². The third-order valence-electron chi connectivity index (χ3n) is 4.39. The van der Waals surface area contributed by atoms with Crippen LogP contribution < -0.4 is 11.2 Å². The first-order chi connectivity index (χ1) is 13.5. The Kier molecular flexibility index (Phi) is 4.75. The van der Waals surface area contributed by atoms with Gasteiger partial charge >= 0.3 is 5.69 Å². The second-order valence-electron chi connectivity index (χ2n) is 6.18. The fourth-order valence-electron chi connectivity index (χ4n) is 2.99. The first-order valence-electron chi connectivity index (χ1n) is 8.47. The van der Waals surface area contributed by atoms with E-state index in [9.17, 15) is 14.0 Å². The number of fused-ring (bicyclic) bond motifs is 1. The van der Waals surface area contributed by atoms with E-state index in [4.69, 9.17) is 11.6 Å². The average molecular weight is 397 g/mol. The topological polar surface area (TPSA) is 69.8 Å². The molecule has 0 radical (unpaired) electrons. The number of pyridine rings is 2. The van der Waals surface area contributed by atoms with E-state index in [1.807, 2.05) is 0 Å². The molecule has 2 aromatic rings. The predicted molar refractivity (Wildman–Crippen MR) is 103 cm³/mol. The SMILES string of the molecule is O=c1nc2n(Cc3c(F)cccc3Cl)cccc-2c(=O)n1Cc1ccccn1. The minimum atomic E-state index is -0.692. The number of halogens is 2. The summed E-state index contributed by atoms with van der Waals surface area (Å²) in [5.41, 5.74) is -0.0822. The van der Waals surface area contributed by atoms with Crippen LogP contribution in [0.25, 0.3) is 11.4 Å². The second kappa shape index (κ2) is 7.36. The molecule has 4 rings (SSSR count). The van der Waals surface area contributed by atoms with E-state index in [2.05, 4.69) is 9.97 Å². The molecule has 0 N–H and O–H groups in total. The zero-order valence-electron chi connectivity index (χ0n) is 14.5. The normalized spacial score (nSPS) is 11.1. The van der Waals surface area contributed by atoms with Gasteiger partial charge in [-0.15, -0.1) is 0 Å². The Labute approximate surface area is 163 Å². The van der Waals surface area contributed by atoms with Gasteiger partial charge in [-0.1, -0.05) is 23.7 Å². The fraction of sp³-hybridized carbons (Fsp3) is 0.100. The molecule has 0 aliphatic carbocycles. The number of rotatable bonds is 4. The molecule has 140 valence electrons. The zero-order valence-corrected chi connectivity index (χ0v) is 15.3. The van der Waals surface area contributed by atoms with Crippen LogP contribution >= 0.6 is 11.6 Å². The van der Waals surface area contributed by atoms with E-state index in [1.54, 1.807) is 48.8 Å². The molecule has 2 aliphatic heterocycles. The lowest BCUT2D eigenvalue weighted by atomic mass is 10.2. The molecule has 8 heteroatoms. The molecule has 0 bridgehead atoms. The summed E-state index contributed by atoms with van der Waals surface area (Å²) in [6.07, 6.45) is 3.21. The Hall–Kier alpha value is -3.32. The average Bonchev–Trinajstić information content (AvgIpc) is 2.69. The summed E-state index contributed by atoms with van der Waals surface area (Å²) in [5, 5.41) is 0.260. The van der Waals surface area contributed by atoms with E-state index < -0.39 is 17.1 Å². The maximum Gasteiger partial charge on any atom is 0.352 e. The van der Waals surface area contributed by atoms with Crippen molar-refractivity contribution in [3.05, 3.63) is 104 Å². The third kappa shape index (κ3) is 3.32. The van der Waals surface area contributed by atoms with Crippen molar-refractivity contribution in [2.45, 2.75) is 13.1 Å². The lowest BCUT2D eigenvalue weighted by Crippen LogP contribution is -2.38. The molecule has 2 aliphatic rings. The second-order valence-corrected chi connectivity index (χ2v) is 6.59. The number of benzene rings is 1. The Morgan fingerprint density at radius 3 is 2.61 bits per heavy atom. The number of nitrogens with zero attached hydrogens (tertiary/aromatic N) is 4. The summed E-state index contributed by atoms with van der Waals surface area (Å²) in [6.45, 7) is 0.0640. The highest BCUT2D eigenvalue weighted by molar-refractivity contribution is 6.31. The van der Waals surface area contributed by atoms with Gasteiger partial charge in [0.15, 0.2) is 5.82 Å². The molecular weight excluding hydrogens is 383 g/mol. The first-order valence-corrected chi connectivity index (χ1v) is 8.85. The van der Waals surface area contributed by atoms with Crippen LogP contribution in [0.2, 0.25) is 5.02 Å². The summed E-state index contributed by atoms with van der Waals surface area (Å²) < 4.78 is 16.7. The summed E-state index contributed by atoms with van der Waals surface area (Å²) in [5.74, 6) is -0.295.